The summed E-state index contributed by atoms with van der Waals surface area (Å²) >= 11 is 1.78. The third kappa shape index (κ3) is 7.25. The Morgan fingerprint density at radius 3 is 3.03 bits per heavy atom. The third-order valence-corrected chi connectivity index (χ3v) is 5.98. The second-order valence-corrected chi connectivity index (χ2v) is 8.29. The summed E-state index contributed by atoms with van der Waals surface area (Å²) in [6.45, 7) is 6.00. The van der Waals surface area contributed by atoms with Gasteiger partial charge in [-0.25, -0.2) is 0 Å². The number of thiophene rings is 1. The molecule has 1 aliphatic heterocycles. The number of guanidine groups is 1. The van der Waals surface area contributed by atoms with Gasteiger partial charge in [-0.2, -0.15) is 0 Å². The van der Waals surface area contributed by atoms with E-state index in [1.807, 2.05) is 36.1 Å². The topological polar surface area (TPSA) is 75.2 Å². The molecule has 0 saturated carbocycles. The standard InChI is InChI=1S/C23H32N4O3S/c1-3-24-23(26-19-6-4-7-20(16-19)30-14-5-13-29-2)25-11-8-22(28)27-12-9-21-18(17-27)10-15-31-21/h4,6-7,10,15-16H,3,5,8-9,11-14,17H2,1-2H3,(H2,24,25,26). The monoisotopic (exact) mass is 444 g/mol. The fourth-order valence-electron chi connectivity index (χ4n) is 3.38. The number of methoxy groups -OCH3 is 1. The summed E-state index contributed by atoms with van der Waals surface area (Å²) in [5.41, 5.74) is 2.17. The van der Waals surface area contributed by atoms with Crippen molar-refractivity contribution in [3.05, 3.63) is 46.2 Å². The molecule has 1 aromatic heterocycles. The van der Waals surface area contributed by atoms with E-state index in [1.165, 1.54) is 10.4 Å². The van der Waals surface area contributed by atoms with Crippen molar-refractivity contribution in [3.63, 3.8) is 0 Å². The summed E-state index contributed by atoms with van der Waals surface area (Å²) in [7, 11) is 1.69. The lowest BCUT2D eigenvalue weighted by molar-refractivity contribution is -0.131. The molecule has 0 bridgehead atoms. The average molecular weight is 445 g/mol. The number of hydrogen-bond acceptors (Lipinski definition) is 5. The van der Waals surface area contributed by atoms with Crippen LogP contribution in [0.4, 0.5) is 5.69 Å². The molecule has 1 amide bonds. The Hall–Kier alpha value is -2.58. The molecule has 0 aliphatic carbocycles. The molecule has 0 radical (unpaired) electrons. The normalized spacial score (nSPS) is 13.6. The summed E-state index contributed by atoms with van der Waals surface area (Å²) in [4.78, 5) is 20.5. The van der Waals surface area contributed by atoms with Crippen LogP contribution in [0.15, 0.2) is 40.7 Å². The highest BCUT2D eigenvalue weighted by Gasteiger charge is 2.20. The minimum Gasteiger partial charge on any atom is -0.493 e. The van der Waals surface area contributed by atoms with E-state index >= 15 is 0 Å². The van der Waals surface area contributed by atoms with E-state index in [2.05, 4.69) is 27.1 Å². The van der Waals surface area contributed by atoms with Gasteiger partial charge in [0.15, 0.2) is 5.96 Å². The van der Waals surface area contributed by atoms with Gasteiger partial charge in [-0.05, 0) is 42.5 Å². The zero-order valence-electron chi connectivity index (χ0n) is 18.4. The van der Waals surface area contributed by atoms with Crippen molar-refractivity contribution in [2.75, 3.05) is 45.3 Å². The maximum absolute atomic E-state index is 12.6. The van der Waals surface area contributed by atoms with Crippen LogP contribution in [0.3, 0.4) is 0 Å². The van der Waals surface area contributed by atoms with E-state index < -0.39 is 0 Å². The van der Waals surface area contributed by atoms with E-state index in [0.717, 1.165) is 43.9 Å². The summed E-state index contributed by atoms with van der Waals surface area (Å²) in [6, 6.07) is 9.90. The fraction of sp³-hybridized carbons (Fsp3) is 0.478. The number of carbonyl (C=O) groups is 1. The Morgan fingerprint density at radius 1 is 1.29 bits per heavy atom. The van der Waals surface area contributed by atoms with E-state index in [1.54, 1.807) is 18.4 Å². The number of nitrogens with zero attached hydrogens (tertiary/aromatic N) is 2. The number of fused-ring (bicyclic) bond motifs is 1. The fourth-order valence-corrected chi connectivity index (χ4v) is 4.27. The summed E-state index contributed by atoms with van der Waals surface area (Å²) in [6.07, 6.45) is 2.20. The lowest BCUT2D eigenvalue weighted by Gasteiger charge is -2.26. The molecule has 0 unspecified atom stereocenters. The third-order valence-electron chi connectivity index (χ3n) is 4.96. The lowest BCUT2D eigenvalue weighted by atomic mass is 10.1. The first-order valence-electron chi connectivity index (χ1n) is 10.8. The van der Waals surface area contributed by atoms with Crippen LogP contribution >= 0.6 is 11.3 Å². The first-order valence-corrected chi connectivity index (χ1v) is 11.7. The number of aliphatic imine (C=N–C) groups is 1. The summed E-state index contributed by atoms with van der Waals surface area (Å²) < 4.78 is 10.8. The Morgan fingerprint density at radius 2 is 2.19 bits per heavy atom. The molecule has 31 heavy (non-hydrogen) atoms. The minimum atomic E-state index is 0.155. The summed E-state index contributed by atoms with van der Waals surface area (Å²) in [5, 5.41) is 8.63. The van der Waals surface area contributed by atoms with E-state index in [-0.39, 0.29) is 5.91 Å². The zero-order chi connectivity index (χ0) is 21.9. The molecule has 0 spiro atoms. The Labute approximate surface area is 188 Å². The SMILES string of the molecule is CCNC(=NCCC(=O)N1CCc2sccc2C1)Nc1cccc(OCCCOC)c1. The molecule has 2 heterocycles. The van der Waals surface area contributed by atoms with Crippen LogP contribution in [0.1, 0.15) is 30.2 Å². The maximum Gasteiger partial charge on any atom is 0.224 e. The van der Waals surface area contributed by atoms with Gasteiger partial charge < -0.3 is 25.0 Å². The van der Waals surface area contributed by atoms with Crippen LogP contribution < -0.4 is 15.4 Å². The van der Waals surface area contributed by atoms with Crippen molar-refractivity contribution < 1.29 is 14.3 Å². The highest BCUT2D eigenvalue weighted by Crippen LogP contribution is 2.24. The van der Waals surface area contributed by atoms with Crippen LogP contribution in [-0.2, 0) is 22.5 Å². The number of nitrogens with one attached hydrogen (secondary N) is 2. The van der Waals surface area contributed by atoms with Crippen molar-refractivity contribution in [1.29, 1.82) is 0 Å². The molecule has 3 rings (SSSR count). The van der Waals surface area contributed by atoms with Gasteiger partial charge in [-0.15, -0.1) is 11.3 Å². The number of rotatable bonds is 10. The molecule has 2 aromatic rings. The number of anilines is 1. The highest BCUT2D eigenvalue weighted by molar-refractivity contribution is 7.10. The van der Waals surface area contributed by atoms with Gasteiger partial charge in [-0.3, -0.25) is 9.79 Å². The molecule has 0 atom stereocenters. The highest BCUT2D eigenvalue weighted by atomic mass is 32.1. The number of hydrogen-bond donors (Lipinski definition) is 2. The van der Waals surface area contributed by atoms with Crippen LogP contribution in [-0.4, -0.2) is 56.7 Å². The Kier molecular flexibility index (Phi) is 9.17. The van der Waals surface area contributed by atoms with Crippen LogP contribution in [0.2, 0.25) is 0 Å². The molecule has 168 valence electrons. The predicted octanol–water partition coefficient (Wildman–Crippen LogP) is 3.52. The van der Waals surface area contributed by atoms with Crippen molar-refractivity contribution in [2.45, 2.75) is 32.7 Å². The van der Waals surface area contributed by atoms with Gasteiger partial charge in [-0.1, -0.05) is 6.07 Å². The molecule has 1 aromatic carbocycles. The first kappa shape index (κ1) is 23.1. The van der Waals surface area contributed by atoms with Crippen molar-refractivity contribution in [3.8, 4) is 5.75 Å². The Bertz CT molecular complexity index is 868. The quantitative estimate of drug-likeness (QED) is 0.333. The number of benzene rings is 1. The molecular formula is C23H32N4O3S. The van der Waals surface area contributed by atoms with Gasteiger partial charge in [0, 0.05) is 62.8 Å². The molecular weight excluding hydrogens is 412 g/mol. The Balaban J connectivity index is 1.50. The van der Waals surface area contributed by atoms with Crippen LogP contribution in [0.5, 0.6) is 5.75 Å². The first-order chi connectivity index (χ1) is 15.2. The predicted molar refractivity (Wildman–Crippen MR) is 126 cm³/mol. The van der Waals surface area contributed by atoms with E-state index in [4.69, 9.17) is 9.47 Å². The molecule has 0 fully saturated rings. The van der Waals surface area contributed by atoms with Crippen LogP contribution in [0, 0.1) is 0 Å². The maximum atomic E-state index is 12.6. The van der Waals surface area contributed by atoms with Gasteiger partial charge in [0.1, 0.15) is 5.75 Å². The number of ether oxygens (including phenoxy) is 2. The number of amides is 1. The van der Waals surface area contributed by atoms with Gasteiger partial charge in [0.05, 0.1) is 13.2 Å². The molecule has 0 saturated heterocycles. The van der Waals surface area contributed by atoms with Crippen molar-refractivity contribution in [2.24, 2.45) is 4.99 Å². The molecule has 1 aliphatic rings. The van der Waals surface area contributed by atoms with E-state index in [9.17, 15) is 4.79 Å². The molecule has 2 N–H and O–H groups in total. The van der Waals surface area contributed by atoms with E-state index in [0.29, 0.717) is 32.1 Å². The number of carbonyl (C=O) groups excluding carboxylic acids is 1. The summed E-state index contributed by atoms with van der Waals surface area (Å²) in [5.74, 6) is 1.61. The minimum absolute atomic E-state index is 0.155. The van der Waals surface area contributed by atoms with Crippen molar-refractivity contribution in [1.82, 2.24) is 10.2 Å². The molecule has 7 nitrogen and oxygen atoms in total. The zero-order valence-corrected chi connectivity index (χ0v) is 19.2. The largest absolute Gasteiger partial charge is 0.493 e. The second kappa shape index (κ2) is 12.3. The van der Waals surface area contributed by atoms with Gasteiger partial charge in [0.2, 0.25) is 5.91 Å². The smallest absolute Gasteiger partial charge is 0.224 e. The van der Waals surface area contributed by atoms with Gasteiger partial charge in [0.25, 0.3) is 0 Å². The van der Waals surface area contributed by atoms with Crippen LogP contribution in [0.25, 0.3) is 0 Å². The molecule has 8 heteroatoms. The van der Waals surface area contributed by atoms with Gasteiger partial charge >= 0.3 is 0 Å². The lowest BCUT2D eigenvalue weighted by Crippen LogP contribution is -2.36. The van der Waals surface area contributed by atoms with Crippen molar-refractivity contribution >= 4 is 28.9 Å². The second-order valence-electron chi connectivity index (χ2n) is 7.29. The average Bonchev–Trinajstić information content (AvgIpc) is 3.25.